The highest BCUT2D eigenvalue weighted by molar-refractivity contribution is 5.83. The van der Waals surface area contributed by atoms with Crippen molar-refractivity contribution < 1.29 is 19.7 Å². The van der Waals surface area contributed by atoms with Gasteiger partial charge < -0.3 is 14.9 Å². The van der Waals surface area contributed by atoms with Gasteiger partial charge in [-0.2, -0.15) is 0 Å². The van der Waals surface area contributed by atoms with E-state index in [9.17, 15) is 15.0 Å². The SMILES string of the molecule is COc1ccccc1C(c1ccccc1)(c1ccccc1)C(C)(O)C(=O)O. The standard InChI is InChI=1S/C23H22O4/c1-22(26,21(24)25)23(17-11-5-3-6-12-17,18-13-7-4-8-14-18)19-15-9-10-16-20(19)27-2/h3-16,26H,1-2H3,(H,24,25). The highest BCUT2D eigenvalue weighted by atomic mass is 16.5. The van der Waals surface area contributed by atoms with Gasteiger partial charge >= 0.3 is 5.97 Å². The minimum absolute atomic E-state index is 0.506. The Kier molecular flexibility index (Phi) is 5.02. The molecule has 4 heteroatoms. The molecular weight excluding hydrogens is 340 g/mol. The van der Waals surface area contributed by atoms with Crippen molar-refractivity contribution in [3.63, 3.8) is 0 Å². The smallest absolute Gasteiger partial charge is 0.337 e. The van der Waals surface area contributed by atoms with E-state index in [4.69, 9.17) is 4.74 Å². The van der Waals surface area contributed by atoms with Gasteiger partial charge in [-0.25, -0.2) is 4.79 Å². The molecule has 0 aliphatic rings. The molecule has 1 unspecified atom stereocenters. The van der Waals surface area contributed by atoms with Gasteiger partial charge in [-0.3, -0.25) is 0 Å². The van der Waals surface area contributed by atoms with E-state index in [1.54, 1.807) is 12.1 Å². The Labute approximate surface area is 158 Å². The largest absolute Gasteiger partial charge is 0.496 e. The summed E-state index contributed by atoms with van der Waals surface area (Å²) in [5.41, 5.74) is -1.63. The highest BCUT2D eigenvalue weighted by Crippen LogP contribution is 2.50. The third-order valence-electron chi connectivity index (χ3n) is 5.07. The quantitative estimate of drug-likeness (QED) is 0.654. The summed E-state index contributed by atoms with van der Waals surface area (Å²) in [6, 6.07) is 25.6. The van der Waals surface area contributed by atoms with E-state index < -0.39 is 17.0 Å². The third kappa shape index (κ3) is 2.88. The van der Waals surface area contributed by atoms with Crippen LogP contribution in [0.3, 0.4) is 0 Å². The Hall–Kier alpha value is -3.11. The van der Waals surface area contributed by atoms with Gasteiger partial charge in [-0.1, -0.05) is 78.9 Å². The highest BCUT2D eigenvalue weighted by Gasteiger charge is 2.57. The van der Waals surface area contributed by atoms with E-state index in [0.29, 0.717) is 22.4 Å². The Morgan fingerprint density at radius 2 is 1.26 bits per heavy atom. The van der Waals surface area contributed by atoms with Crippen molar-refractivity contribution in [2.45, 2.75) is 17.9 Å². The Morgan fingerprint density at radius 1 is 0.815 bits per heavy atom. The third-order valence-corrected chi connectivity index (χ3v) is 5.07. The molecule has 0 amide bonds. The van der Waals surface area contributed by atoms with Gasteiger partial charge in [0, 0.05) is 5.56 Å². The Balaban J connectivity index is 2.53. The fourth-order valence-electron chi connectivity index (χ4n) is 3.79. The van der Waals surface area contributed by atoms with E-state index in [1.807, 2.05) is 72.8 Å². The van der Waals surface area contributed by atoms with Crippen LogP contribution in [0.2, 0.25) is 0 Å². The van der Waals surface area contributed by atoms with Gasteiger partial charge in [0.1, 0.15) is 5.75 Å². The van der Waals surface area contributed by atoms with Crippen LogP contribution in [0.5, 0.6) is 5.75 Å². The second kappa shape index (κ2) is 7.25. The fraction of sp³-hybridized carbons (Fsp3) is 0.174. The van der Waals surface area contributed by atoms with Crippen LogP contribution in [0.4, 0.5) is 0 Å². The molecule has 0 fully saturated rings. The van der Waals surface area contributed by atoms with Crippen LogP contribution in [0.15, 0.2) is 84.9 Å². The molecule has 0 saturated heterocycles. The average Bonchev–Trinajstić information content (AvgIpc) is 2.70. The summed E-state index contributed by atoms with van der Waals surface area (Å²) in [7, 11) is 1.54. The molecule has 3 rings (SSSR count). The number of benzene rings is 3. The van der Waals surface area contributed by atoms with Gasteiger partial charge in [0.25, 0.3) is 0 Å². The van der Waals surface area contributed by atoms with E-state index in [2.05, 4.69) is 0 Å². The number of hydrogen-bond donors (Lipinski definition) is 2. The lowest BCUT2D eigenvalue weighted by atomic mass is 9.59. The molecule has 27 heavy (non-hydrogen) atoms. The number of ether oxygens (including phenoxy) is 1. The minimum Gasteiger partial charge on any atom is -0.496 e. The Bertz CT molecular complexity index is 878. The van der Waals surface area contributed by atoms with Crippen LogP contribution in [-0.2, 0) is 10.2 Å². The van der Waals surface area contributed by atoms with Crippen molar-refractivity contribution in [1.82, 2.24) is 0 Å². The lowest BCUT2D eigenvalue weighted by Gasteiger charge is -2.44. The van der Waals surface area contributed by atoms with Crippen molar-refractivity contribution in [2.24, 2.45) is 0 Å². The first-order chi connectivity index (χ1) is 13.0. The molecule has 3 aromatic rings. The zero-order valence-electron chi connectivity index (χ0n) is 15.3. The molecule has 0 radical (unpaired) electrons. The molecule has 0 heterocycles. The van der Waals surface area contributed by atoms with Gasteiger partial charge in [-0.05, 0) is 24.1 Å². The molecule has 2 N–H and O–H groups in total. The summed E-state index contributed by atoms with van der Waals surface area (Å²) in [4.78, 5) is 12.3. The fourth-order valence-corrected chi connectivity index (χ4v) is 3.79. The van der Waals surface area contributed by atoms with Crippen LogP contribution < -0.4 is 4.74 Å². The minimum atomic E-state index is -2.15. The molecule has 138 valence electrons. The maximum atomic E-state index is 12.3. The van der Waals surface area contributed by atoms with Crippen LogP contribution in [0, 0.1) is 0 Å². The monoisotopic (exact) mass is 362 g/mol. The van der Waals surface area contributed by atoms with Crippen molar-refractivity contribution >= 4 is 5.97 Å². The van der Waals surface area contributed by atoms with E-state index in [1.165, 1.54) is 14.0 Å². The Morgan fingerprint density at radius 3 is 1.70 bits per heavy atom. The van der Waals surface area contributed by atoms with Gasteiger partial charge in [-0.15, -0.1) is 0 Å². The summed E-state index contributed by atoms with van der Waals surface area (Å²) in [5, 5.41) is 21.5. The maximum Gasteiger partial charge on any atom is 0.337 e. The van der Waals surface area contributed by atoms with Crippen LogP contribution in [0.25, 0.3) is 0 Å². The number of para-hydroxylation sites is 1. The normalized spacial score (nSPS) is 13.6. The zero-order valence-corrected chi connectivity index (χ0v) is 15.3. The molecule has 0 spiro atoms. The maximum absolute atomic E-state index is 12.3. The number of carbonyl (C=O) groups is 1. The summed E-state index contributed by atoms with van der Waals surface area (Å²) >= 11 is 0. The summed E-state index contributed by atoms with van der Waals surface area (Å²) in [6.45, 7) is 1.34. The number of hydrogen-bond acceptors (Lipinski definition) is 3. The molecule has 0 saturated carbocycles. The topological polar surface area (TPSA) is 66.8 Å². The van der Waals surface area contributed by atoms with Crippen LogP contribution in [-0.4, -0.2) is 28.9 Å². The van der Waals surface area contributed by atoms with Crippen molar-refractivity contribution in [1.29, 1.82) is 0 Å². The number of methoxy groups -OCH3 is 1. The van der Waals surface area contributed by atoms with Gasteiger partial charge in [0.2, 0.25) is 0 Å². The van der Waals surface area contributed by atoms with Crippen LogP contribution in [0.1, 0.15) is 23.6 Å². The van der Waals surface area contributed by atoms with Gasteiger partial charge in [0.05, 0.1) is 12.5 Å². The first kappa shape index (κ1) is 18.7. The van der Waals surface area contributed by atoms with Gasteiger partial charge in [0.15, 0.2) is 5.60 Å². The number of carboxylic acid groups (broad SMARTS) is 1. The van der Waals surface area contributed by atoms with Crippen molar-refractivity contribution in [3.8, 4) is 5.75 Å². The molecule has 1 atom stereocenters. The molecule has 0 aliphatic heterocycles. The lowest BCUT2D eigenvalue weighted by molar-refractivity contribution is -0.161. The predicted molar refractivity (Wildman–Crippen MR) is 104 cm³/mol. The van der Waals surface area contributed by atoms with Crippen LogP contribution >= 0.6 is 0 Å². The molecule has 0 bridgehead atoms. The van der Waals surface area contributed by atoms with E-state index >= 15 is 0 Å². The molecule has 4 nitrogen and oxygen atoms in total. The predicted octanol–water partition coefficient (Wildman–Crippen LogP) is 3.87. The lowest BCUT2D eigenvalue weighted by Crippen LogP contribution is -2.56. The molecule has 3 aromatic carbocycles. The van der Waals surface area contributed by atoms with E-state index in [0.717, 1.165) is 0 Å². The number of carboxylic acids is 1. The first-order valence-electron chi connectivity index (χ1n) is 8.66. The van der Waals surface area contributed by atoms with E-state index in [-0.39, 0.29) is 0 Å². The number of aliphatic carboxylic acids is 1. The first-order valence-corrected chi connectivity index (χ1v) is 8.66. The molecule has 0 aliphatic carbocycles. The number of aliphatic hydroxyl groups is 1. The average molecular weight is 362 g/mol. The summed E-state index contributed by atoms with van der Waals surface area (Å²) < 4.78 is 5.57. The number of rotatable bonds is 6. The second-order valence-electron chi connectivity index (χ2n) is 6.56. The zero-order chi connectivity index (χ0) is 19.5. The van der Waals surface area contributed by atoms with Crippen molar-refractivity contribution in [2.75, 3.05) is 7.11 Å². The molecular formula is C23H22O4. The molecule has 0 aromatic heterocycles. The summed E-state index contributed by atoms with van der Waals surface area (Å²) in [6.07, 6.45) is 0. The van der Waals surface area contributed by atoms with Crippen molar-refractivity contribution in [3.05, 3.63) is 102 Å². The summed E-state index contributed by atoms with van der Waals surface area (Å²) in [5.74, 6) is -0.812. The second-order valence-corrected chi connectivity index (χ2v) is 6.56.